The van der Waals surface area contributed by atoms with Crippen molar-refractivity contribution < 1.29 is 4.92 Å². The van der Waals surface area contributed by atoms with Crippen LogP contribution in [0.4, 0.5) is 11.5 Å². The molecule has 2 N–H and O–H groups in total. The number of nitrogens with zero attached hydrogens (tertiary/aromatic N) is 4. The predicted octanol–water partition coefficient (Wildman–Crippen LogP) is 2.87. The average molecular weight is 304 g/mol. The topological polar surface area (TPSA) is 99.9 Å². The summed E-state index contributed by atoms with van der Waals surface area (Å²) < 4.78 is 1.62. The molecule has 0 fully saturated rings. The normalized spacial score (nSPS) is 11.0. The molecule has 21 heavy (non-hydrogen) atoms. The molecule has 3 aromatic rings. The van der Waals surface area contributed by atoms with E-state index in [1.54, 1.807) is 23.6 Å². The molecular formula is C13H10ClN5O2. The van der Waals surface area contributed by atoms with Crippen LogP contribution in [0.3, 0.4) is 0 Å². The number of rotatable bonds is 2. The Morgan fingerprint density at radius 1 is 1.38 bits per heavy atom. The maximum absolute atomic E-state index is 10.9. The molecule has 7 nitrogen and oxygen atoms in total. The number of nitro groups is 1. The molecule has 3 rings (SSSR count). The zero-order valence-electron chi connectivity index (χ0n) is 10.9. The minimum atomic E-state index is -0.459. The number of aromatic nitrogens is 3. The van der Waals surface area contributed by atoms with Gasteiger partial charge in [-0.3, -0.25) is 14.7 Å². The van der Waals surface area contributed by atoms with E-state index in [2.05, 4.69) is 9.97 Å². The largest absolute Gasteiger partial charge is 0.383 e. The number of fused-ring (bicyclic) bond motifs is 1. The molecule has 0 amide bonds. The molecule has 106 valence electrons. The molecule has 1 aromatic carbocycles. The van der Waals surface area contributed by atoms with Crippen molar-refractivity contribution in [3.8, 4) is 5.69 Å². The third kappa shape index (κ3) is 1.98. The summed E-state index contributed by atoms with van der Waals surface area (Å²) in [5.41, 5.74) is 7.64. The van der Waals surface area contributed by atoms with Crippen LogP contribution in [0.15, 0.2) is 30.6 Å². The van der Waals surface area contributed by atoms with E-state index in [4.69, 9.17) is 17.3 Å². The summed E-state index contributed by atoms with van der Waals surface area (Å²) in [6.45, 7) is 1.80. The molecule has 0 aliphatic heterocycles. The summed E-state index contributed by atoms with van der Waals surface area (Å²) in [4.78, 5) is 18.6. The van der Waals surface area contributed by atoms with Crippen LogP contribution in [0.1, 0.15) is 5.56 Å². The van der Waals surface area contributed by atoms with E-state index >= 15 is 0 Å². The van der Waals surface area contributed by atoms with Crippen molar-refractivity contribution in [2.24, 2.45) is 0 Å². The quantitative estimate of drug-likeness (QED) is 0.579. The standard InChI is InChI=1S/C13H10ClN5O2/c1-7-10-12(15)16-6-17-13(10)18(11(7)14)8-3-2-4-9(5-8)19(20)21/h2-6H,1H3,(H2,15,16,17). The van der Waals surface area contributed by atoms with E-state index in [1.807, 2.05) is 0 Å². The first-order valence-electron chi connectivity index (χ1n) is 6.02. The van der Waals surface area contributed by atoms with Gasteiger partial charge in [0.2, 0.25) is 0 Å². The van der Waals surface area contributed by atoms with Gasteiger partial charge in [-0.15, -0.1) is 0 Å². The van der Waals surface area contributed by atoms with Crippen molar-refractivity contribution in [3.63, 3.8) is 0 Å². The van der Waals surface area contributed by atoms with Gasteiger partial charge in [-0.25, -0.2) is 9.97 Å². The molecule has 2 aromatic heterocycles. The lowest BCUT2D eigenvalue weighted by Gasteiger charge is -2.06. The summed E-state index contributed by atoms with van der Waals surface area (Å²) in [5, 5.41) is 12.0. The molecule has 0 saturated carbocycles. The third-order valence-electron chi connectivity index (χ3n) is 3.25. The van der Waals surface area contributed by atoms with E-state index in [0.717, 1.165) is 5.56 Å². The highest BCUT2D eigenvalue weighted by Gasteiger charge is 2.19. The lowest BCUT2D eigenvalue weighted by Crippen LogP contribution is -1.98. The van der Waals surface area contributed by atoms with Crippen molar-refractivity contribution in [2.45, 2.75) is 6.92 Å². The van der Waals surface area contributed by atoms with E-state index in [-0.39, 0.29) is 5.69 Å². The van der Waals surface area contributed by atoms with Gasteiger partial charge in [0, 0.05) is 12.1 Å². The van der Waals surface area contributed by atoms with E-state index in [9.17, 15) is 10.1 Å². The molecule has 8 heteroatoms. The second kappa shape index (κ2) is 4.71. The first kappa shape index (κ1) is 13.3. The van der Waals surface area contributed by atoms with Gasteiger partial charge < -0.3 is 5.73 Å². The van der Waals surface area contributed by atoms with Gasteiger partial charge in [0.15, 0.2) is 5.65 Å². The Morgan fingerprint density at radius 2 is 2.14 bits per heavy atom. The molecule has 0 radical (unpaired) electrons. The van der Waals surface area contributed by atoms with Gasteiger partial charge in [0.1, 0.15) is 17.3 Å². The second-order valence-corrected chi connectivity index (χ2v) is 4.84. The highest BCUT2D eigenvalue weighted by Crippen LogP contribution is 2.34. The van der Waals surface area contributed by atoms with Crippen LogP contribution in [-0.2, 0) is 0 Å². The Hall–Kier alpha value is -2.67. The first-order chi connectivity index (χ1) is 10.0. The Kier molecular flexibility index (Phi) is 2.99. The zero-order valence-corrected chi connectivity index (χ0v) is 11.7. The van der Waals surface area contributed by atoms with Gasteiger partial charge in [0.25, 0.3) is 5.69 Å². The number of aryl methyl sites for hydroxylation is 1. The van der Waals surface area contributed by atoms with Crippen LogP contribution in [0, 0.1) is 17.0 Å². The minimum Gasteiger partial charge on any atom is -0.383 e. The van der Waals surface area contributed by atoms with Gasteiger partial charge in [0.05, 0.1) is 16.0 Å². The molecule has 2 heterocycles. The maximum Gasteiger partial charge on any atom is 0.271 e. The lowest BCUT2D eigenvalue weighted by atomic mass is 10.2. The predicted molar refractivity (Wildman–Crippen MR) is 79.7 cm³/mol. The van der Waals surface area contributed by atoms with Gasteiger partial charge >= 0.3 is 0 Å². The second-order valence-electron chi connectivity index (χ2n) is 4.49. The van der Waals surface area contributed by atoms with Crippen molar-refractivity contribution in [1.29, 1.82) is 0 Å². The van der Waals surface area contributed by atoms with E-state index in [1.165, 1.54) is 18.5 Å². The average Bonchev–Trinajstić information content (AvgIpc) is 2.72. The minimum absolute atomic E-state index is 0.0231. The molecule has 0 saturated heterocycles. The molecule has 0 aliphatic rings. The molecule has 0 bridgehead atoms. The molecule has 0 atom stereocenters. The van der Waals surface area contributed by atoms with Crippen LogP contribution in [0.5, 0.6) is 0 Å². The Morgan fingerprint density at radius 3 is 2.86 bits per heavy atom. The van der Waals surface area contributed by atoms with Crippen LogP contribution < -0.4 is 5.73 Å². The molecule has 0 aliphatic carbocycles. The number of benzene rings is 1. The Labute approximate surface area is 124 Å². The Bertz CT molecular complexity index is 874. The third-order valence-corrected chi connectivity index (χ3v) is 3.70. The zero-order chi connectivity index (χ0) is 15.1. The van der Waals surface area contributed by atoms with Crippen molar-refractivity contribution in [3.05, 3.63) is 51.4 Å². The summed E-state index contributed by atoms with van der Waals surface area (Å²) in [6.07, 6.45) is 1.33. The SMILES string of the molecule is Cc1c(Cl)n(-c2cccc([N+](=O)[O-])c2)c2ncnc(N)c12. The molecule has 0 spiro atoms. The number of nitro benzene ring substituents is 1. The van der Waals surface area contributed by atoms with Crippen molar-refractivity contribution in [2.75, 3.05) is 5.73 Å². The van der Waals surface area contributed by atoms with Gasteiger partial charge in [-0.05, 0) is 18.6 Å². The highest BCUT2D eigenvalue weighted by atomic mass is 35.5. The summed E-state index contributed by atoms with van der Waals surface area (Å²) in [6, 6.07) is 6.16. The van der Waals surface area contributed by atoms with E-state index < -0.39 is 4.92 Å². The number of non-ortho nitro benzene ring substituents is 1. The molecular weight excluding hydrogens is 294 g/mol. The van der Waals surface area contributed by atoms with Crippen LogP contribution in [0.25, 0.3) is 16.7 Å². The fourth-order valence-corrected chi connectivity index (χ4v) is 2.54. The monoisotopic (exact) mass is 303 g/mol. The number of nitrogen functional groups attached to an aromatic ring is 1. The summed E-state index contributed by atoms with van der Waals surface area (Å²) in [5.74, 6) is 0.323. The number of hydrogen-bond donors (Lipinski definition) is 1. The number of hydrogen-bond acceptors (Lipinski definition) is 5. The molecule has 0 unspecified atom stereocenters. The van der Waals surface area contributed by atoms with Crippen LogP contribution >= 0.6 is 11.6 Å². The van der Waals surface area contributed by atoms with Crippen molar-refractivity contribution >= 4 is 34.1 Å². The lowest BCUT2D eigenvalue weighted by molar-refractivity contribution is -0.384. The van der Waals surface area contributed by atoms with Crippen LogP contribution in [0.2, 0.25) is 5.15 Å². The van der Waals surface area contributed by atoms with Crippen LogP contribution in [-0.4, -0.2) is 19.5 Å². The fraction of sp³-hybridized carbons (Fsp3) is 0.0769. The fourth-order valence-electron chi connectivity index (χ4n) is 2.26. The number of nitrogens with two attached hydrogens (primary N) is 1. The van der Waals surface area contributed by atoms with Gasteiger partial charge in [-0.1, -0.05) is 17.7 Å². The van der Waals surface area contributed by atoms with E-state index in [0.29, 0.717) is 27.7 Å². The summed E-state index contributed by atoms with van der Waals surface area (Å²) in [7, 11) is 0. The Balaban J connectivity index is 2.36. The first-order valence-corrected chi connectivity index (χ1v) is 6.40. The highest BCUT2D eigenvalue weighted by molar-refractivity contribution is 6.32. The van der Waals surface area contributed by atoms with Gasteiger partial charge in [-0.2, -0.15) is 0 Å². The smallest absolute Gasteiger partial charge is 0.271 e. The summed E-state index contributed by atoms with van der Waals surface area (Å²) >= 11 is 6.34. The number of halogens is 1. The maximum atomic E-state index is 10.9. The van der Waals surface area contributed by atoms with Crippen molar-refractivity contribution in [1.82, 2.24) is 14.5 Å². The number of anilines is 1.